The molecular formula is C14H13NO3. The van der Waals surface area contributed by atoms with Crippen LogP contribution in [0.5, 0.6) is 0 Å². The van der Waals surface area contributed by atoms with E-state index in [1.807, 2.05) is 30.3 Å². The van der Waals surface area contributed by atoms with Gasteiger partial charge >= 0.3 is 5.97 Å². The van der Waals surface area contributed by atoms with E-state index in [9.17, 15) is 9.90 Å². The lowest BCUT2D eigenvalue weighted by Crippen LogP contribution is -1.82. The van der Waals surface area contributed by atoms with Gasteiger partial charge in [0.25, 0.3) is 0 Å². The number of hydrogen-bond donors (Lipinski definition) is 2. The van der Waals surface area contributed by atoms with E-state index < -0.39 is 5.97 Å². The first kappa shape index (κ1) is 15.2. The van der Waals surface area contributed by atoms with E-state index in [1.165, 1.54) is 12.2 Å². The molecule has 1 aromatic rings. The number of nitrogens with zero attached hydrogens (tertiary/aromatic N) is 1. The van der Waals surface area contributed by atoms with Crippen LogP contribution in [-0.2, 0) is 4.79 Å². The average molecular weight is 243 g/mol. The first-order valence-corrected chi connectivity index (χ1v) is 4.97. The van der Waals surface area contributed by atoms with Gasteiger partial charge in [-0.3, -0.25) is 0 Å². The Morgan fingerprint density at radius 2 is 1.83 bits per heavy atom. The zero-order valence-corrected chi connectivity index (χ0v) is 9.65. The molecule has 0 aliphatic heterocycles. The summed E-state index contributed by atoms with van der Waals surface area (Å²) in [6.07, 6.45) is 5.01. The first-order chi connectivity index (χ1) is 8.60. The molecule has 18 heavy (non-hydrogen) atoms. The third-order valence-electron chi connectivity index (χ3n) is 1.62. The molecule has 4 nitrogen and oxygen atoms in total. The van der Waals surface area contributed by atoms with Crippen LogP contribution >= 0.6 is 0 Å². The lowest BCUT2D eigenvalue weighted by atomic mass is 10.2. The van der Waals surface area contributed by atoms with Crippen molar-refractivity contribution in [2.24, 2.45) is 0 Å². The molecule has 0 saturated carbocycles. The number of hydrogen-bond acceptors (Lipinski definition) is 3. The summed E-state index contributed by atoms with van der Waals surface area (Å²) < 4.78 is 0. The molecule has 0 bridgehead atoms. The highest BCUT2D eigenvalue weighted by Crippen LogP contribution is 2.04. The van der Waals surface area contributed by atoms with E-state index in [0.29, 0.717) is 0 Å². The van der Waals surface area contributed by atoms with E-state index >= 15 is 0 Å². The molecule has 2 N–H and O–H groups in total. The zero-order valence-electron chi connectivity index (χ0n) is 9.65. The molecule has 4 heteroatoms. The van der Waals surface area contributed by atoms with Crippen LogP contribution in [0, 0.1) is 11.3 Å². The highest BCUT2D eigenvalue weighted by atomic mass is 16.4. The fraction of sp³-hybridized carbons (Fsp3) is 0. The first-order valence-electron chi connectivity index (χ1n) is 4.97. The molecule has 92 valence electrons. The van der Waals surface area contributed by atoms with Crippen LogP contribution in [0.25, 0.3) is 6.08 Å². The fourth-order valence-corrected chi connectivity index (χ4v) is 0.891. The molecule has 0 aliphatic rings. The maximum absolute atomic E-state index is 9.26. The zero-order chi connectivity index (χ0) is 13.8. The second kappa shape index (κ2) is 9.43. The van der Waals surface area contributed by atoms with Crippen molar-refractivity contribution in [2.75, 3.05) is 0 Å². The molecule has 0 amide bonds. The Morgan fingerprint density at radius 1 is 1.28 bits per heavy atom. The minimum absolute atomic E-state index is 0.0766. The molecule has 1 rings (SSSR count). The van der Waals surface area contributed by atoms with Crippen LogP contribution in [0.1, 0.15) is 5.56 Å². The summed E-state index contributed by atoms with van der Waals surface area (Å²) >= 11 is 0. The lowest BCUT2D eigenvalue weighted by molar-refractivity contribution is -0.131. The lowest BCUT2D eigenvalue weighted by Gasteiger charge is -1.92. The number of aliphatic carboxylic acids is 1. The van der Waals surface area contributed by atoms with Crippen LogP contribution in [0.3, 0.4) is 0 Å². The Hall–Kier alpha value is -2.80. The molecule has 0 atom stereocenters. The summed E-state index contributed by atoms with van der Waals surface area (Å²) in [5.41, 5.74) is 0.905. The van der Waals surface area contributed by atoms with Gasteiger partial charge in [-0.15, -0.1) is 0 Å². The molecule has 0 fully saturated rings. The smallest absolute Gasteiger partial charge is 0.327 e. The van der Waals surface area contributed by atoms with Crippen molar-refractivity contribution in [1.29, 1.82) is 5.26 Å². The Balaban J connectivity index is 0.000000494. The van der Waals surface area contributed by atoms with Gasteiger partial charge in [0.15, 0.2) is 0 Å². The van der Waals surface area contributed by atoms with E-state index in [2.05, 4.69) is 6.58 Å². The molecule has 0 radical (unpaired) electrons. The van der Waals surface area contributed by atoms with Crippen molar-refractivity contribution < 1.29 is 15.0 Å². The molecule has 0 spiro atoms. The summed E-state index contributed by atoms with van der Waals surface area (Å²) in [7, 11) is 0. The predicted molar refractivity (Wildman–Crippen MR) is 69.6 cm³/mol. The van der Waals surface area contributed by atoms with Gasteiger partial charge in [0.1, 0.15) is 5.76 Å². The molecule has 0 heterocycles. The number of rotatable bonds is 3. The second-order valence-corrected chi connectivity index (χ2v) is 2.98. The van der Waals surface area contributed by atoms with Crippen molar-refractivity contribution in [1.82, 2.24) is 0 Å². The predicted octanol–water partition coefficient (Wildman–Crippen LogP) is 2.92. The Morgan fingerprint density at radius 3 is 2.28 bits per heavy atom. The third kappa shape index (κ3) is 8.50. The Kier molecular flexibility index (Phi) is 7.96. The number of carbonyl (C=O) groups is 1. The van der Waals surface area contributed by atoms with E-state index in [-0.39, 0.29) is 5.76 Å². The summed E-state index contributed by atoms with van der Waals surface area (Å²) in [4.78, 5) is 9.25. The van der Waals surface area contributed by atoms with Crippen molar-refractivity contribution in [3.05, 3.63) is 66.5 Å². The van der Waals surface area contributed by atoms with Crippen molar-refractivity contribution in [2.45, 2.75) is 0 Å². The van der Waals surface area contributed by atoms with Gasteiger partial charge in [0.05, 0.1) is 6.07 Å². The number of benzene rings is 1. The van der Waals surface area contributed by atoms with Crippen molar-refractivity contribution in [3.8, 4) is 6.07 Å². The number of aliphatic hydroxyl groups is 1. The highest BCUT2D eigenvalue weighted by molar-refractivity contribution is 5.78. The number of carboxylic acid groups (broad SMARTS) is 1. The monoisotopic (exact) mass is 243 g/mol. The quantitative estimate of drug-likeness (QED) is 0.370. The van der Waals surface area contributed by atoms with Crippen LogP contribution in [0.15, 0.2) is 60.9 Å². The molecule has 0 aromatic heterocycles. The summed E-state index contributed by atoms with van der Waals surface area (Å²) in [5, 5.41) is 25.1. The summed E-state index contributed by atoms with van der Waals surface area (Å²) in [5.74, 6) is -0.905. The molecule has 1 aromatic carbocycles. The largest absolute Gasteiger partial charge is 0.508 e. The molecule has 0 aliphatic carbocycles. The number of carboxylic acids is 1. The Bertz CT molecular complexity index is 482. The van der Waals surface area contributed by atoms with Gasteiger partial charge < -0.3 is 10.2 Å². The second-order valence-electron chi connectivity index (χ2n) is 2.98. The van der Waals surface area contributed by atoms with Crippen LogP contribution in [0.2, 0.25) is 0 Å². The van der Waals surface area contributed by atoms with Crippen LogP contribution in [-0.4, -0.2) is 16.2 Å². The maximum Gasteiger partial charge on any atom is 0.327 e. The molecule has 0 unspecified atom stereocenters. The van der Waals surface area contributed by atoms with Crippen LogP contribution < -0.4 is 0 Å². The van der Waals surface area contributed by atoms with Crippen molar-refractivity contribution in [3.63, 3.8) is 0 Å². The minimum Gasteiger partial charge on any atom is -0.508 e. The van der Waals surface area contributed by atoms with Gasteiger partial charge in [-0.1, -0.05) is 36.9 Å². The van der Waals surface area contributed by atoms with E-state index in [1.54, 1.807) is 12.1 Å². The SMILES string of the molecule is C=CC(=O)O.N#CC=CC(O)=Cc1ccccc1. The molecule has 0 saturated heterocycles. The van der Waals surface area contributed by atoms with Gasteiger partial charge in [-0.25, -0.2) is 4.79 Å². The van der Waals surface area contributed by atoms with E-state index in [4.69, 9.17) is 10.4 Å². The van der Waals surface area contributed by atoms with E-state index in [0.717, 1.165) is 11.6 Å². The average Bonchev–Trinajstić information content (AvgIpc) is 2.38. The van der Waals surface area contributed by atoms with Gasteiger partial charge in [-0.05, 0) is 17.7 Å². The number of allylic oxidation sites excluding steroid dienone is 2. The Labute approximate surface area is 105 Å². The summed E-state index contributed by atoms with van der Waals surface area (Å²) in [6, 6.07) is 11.2. The third-order valence-corrected chi connectivity index (χ3v) is 1.62. The summed E-state index contributed by atoms with van der Waals surface area (Å²) in [6.45, 7) is 2.96. The standard InChI is InChI=1S/C11H9NO.C3H4O2/c12-8-4-7-11(13)9-10-5-2-1-3-6-10;1-2-3(4)5/h1-7,9,13H;2H,1H2,(H,4,5). The normalized spacial score (nSPS) is 10.1. The number of nitriles is 1. The highest BCUT2D eigenvalue weighted by Gasteiger charge is 1.87. The van der Waals surface area contributed by atoms with Crippen LogP contribution in [0.4, 0.5) is 0 Å². The molecular weight excluding hydrogens is 230 g/mol. The van der Waals surface area contributed by atoms with Crippen molar-refractivity contribution >= 4 is 12.0 Å². The topological polar surface area (TPSA) is 81.3 Å². The number of aliphatic hydroxyl groups excluding tert-OH is 1. The minimum atomic E-state index is -0.981. The maximum atomic E-state index is 9.26. The van der Waals surface area contributed by atoms with Gasteiger partial charge in [0, 0.05) is 12.2 Å². The van der Waals surface area contributed by atoms with Gasteiger partial charge in [-0.2, -0.15) is 5.26 Å². The fourth-order valence-electron chi connectivity index (χ4n) is 0.891. The van der Waals surface area contributed by atoms with Gasteiger partial charge in [0.2, 0.25) is 0 Å².